The van der Waals surface area contributed by atoms with Crippen molar-refractivity contribution in [3.8, 4) is 0 Å². The van der Waals surface area contributed by atoms with Gasteiger partial charge in [0.05, 0.1) is 21.6 Å². The Labute approximate surface area is 191 Å². The highest BCUT2D eigenvalue weighted by Gasteiger charge is 2.17. The van der Waals surface area contributed by atoms with Crippen LogP contribution < -0.4 is 15.7 Å². The van der Waals surface area contributed by atoms with Gasteiger partial charge in [-0.25, -0.2) is 13.2 Å². The Kier molecular flexibility index (Phi) is 5.82. The van der Waals surface area contributed by atoms with Crippen molar-refractivity contribution in [2.24, 2.45) is 7.05 Å². The molecule has 0 fully saturated rings. The number of anilines is 2. The van der Waals surface area contributed by atoms with Gasteiger partial charge in [0.15, 0.2) is 0 Å². The molecule has 0 radical (unpaired) electrons. The van der Waals surface area contributed by atoms with Crippen LogP contribution in [0.5, 0.6) is 0 Å². The average molecular weight is 465 g/mol. The molecule has 1 amide bonds. The van der Waals surface area contributed by atoms with Gasteiger partial charge in [0.1, 0.15) is 6.54 Å². The summed E-state index contributed by atoms with van der Waals surface area (Å²) in [6, 6.07) is 18.7. The molecule has 4 rings (SSSR count). The number of fused-ring (bicyclic) bond motifs is 1. The van der Waals surface area contributed by atoms with E-state index in [2.05, 4.69) is 10.0 Å². The number of sulfonamides is 1. The van der Waals surface area contributed by atoms with E-state index in [9.17, 15) is 18.0 Å². The van der Waals surface area contributed by atoms with E-state index in [1.54, 1.807) is 13.1 Å². The number of hydrogen-bond acceptors (Lipinski definition) is 4. The topological polar surface area (TPSA) is 102 Å². The van der Waals surface area contributed by atoms with Crippen LogP contribution in [0.3, 0.4) is 0 Å². The van der Waals surface area contributed by atoms with Crippen LogP contribution in [-0.4, -0.2) is 23.5 Å². The second-order valence-electron chi connectivity index (χ2n) is 7.86. The highest BCUT2D eigenvalue weighted by molar-refractivity contribution is 7.92. The first-order valence-corrected chi connectivity index (χ1v) is 11.8. The molecule has 3 aromatic carbocycles. The first-order chi connectivity index (χ1) is 15.7. The van der Waals surface area contributed by atoms with Gasteiger partial charge >= 0.3 is 5.69 Å². The van der Waals surface area contributed by atoms with Crippen molar-refractivity contribution < 1.29 is 13.2 Å². The third kappa shape index (κ3) is 4.40. The smallest absolute Gasteiger partial charge is 0.325 e. The summed E-state index contributed by atoms with van der Waals surface area (Å²) in [5, 5.41) is 2.72. The van der Waals surface area contributed by atoms with Gasteiger partial charge in [0.2, 0.25) is 5.91 Å². The van der Waals surface area contributed by atoms with Crippen LogP contribution in [0.4, 0.5) is 11.4 Å². The number of rotatable bonds is 6. The van der Waals surface area contributed by atoms with Gasteiger partial charge in [-0.3, -0.25) is 18.7 Å². The number of carbonyl (C=O) groups is 1. The highest BCUT2D eigenvalue weighted by Crippen LogP contribution is 2.24. The summed E-state index contributed by atoms with van der Waals surface area (Å²) in [7, 11) is -2.13. The van der Waals surface area contributed by atoms with E-state index in [-0.39, 0.29) is 17.1 Å². The Balaban J connectivity index is 1.50. The third-order valence-corrected chi connectivity index (χ3v) is 6.88. The van der Waals surface area contributed by atoms with Crippen molar-refractivity contribution in [2.75, 3.05) is 10.0 Å². The van der Waals surface area contributed by atoms with Gasteiger partial charge in [0.25, 0.3) is 10.0 Å². The van der Waals surface area contributed by atoms with Gasteiger partial charge in [-0.05, 0) is 61.4 Å². The summed E-state index contributed by atoms with van der Waals surface area (Å²) < 4.78 is 31.1. The van der Waals surface area contributed by atoms with Crippen LogP contribution in [0.2, 0.25) is 0 Å². The average Bonchev–Trinajstić information content (AvgIpc) is 3.02. The monoisotopic (exact) mass is 464 g/mol. The van der Waals surface area contributed by atoms with Crippen LogP contribution >= 0.6 is 0 Å². The van der Waals surface area contributed by atoms with E-state index < -0.39 is 15.9 Å². The highest BCUT2D eigenvalue weighted by atomic mass is 32.2. The maximum absolute atomic E-state index is 12.8. The molecular formula is C24H24N4O4S. The lowest BCUT2D eigenvalue weighted by Gasteiger charge is -2.13. The van der Waals surface area contributed by atoms with Crippen LogP contribution in [0.1, 0.15) is 11.1 Å². The molecule has 4 aromatic rings. The zero-order valence-electron chi connectivity index (χ0n) is 18.5. The Morgan fingerprint density at radius 1 is 0.879 bits per heavy atom. The number of amides is 1. The van der Waals surface area contributed by atoms with Gasteiger partial charge < -0.3 is 5.32 Å². The molecule has 0 unspecified atom stereocenters. The Hall–Kier alpha value is -3.85. The predicted octanol–water partition coefficient (Wildman–Crippen LogP) is 3.40. The van der Waals surface area contributed by atoms with Crippen LogP contribution in [0, 0.1) is 13.8 Å². The minimum Gasteiger partial charge on any atom is -0.325 e. The van der Waals surface area contributed by atoms with E-state index >= 15 is 0 Å². The van der Waals surface area contributed by atoms with Crippen LogP contribution in [0.15, 0.2) is 76.4 Å². The van der Waals surface area contributed by atoms with Crippen molar-refractivity contribution in [2.45, 2.75) is 25.3 Å². The fourth-order valence-electron chi connectivity index (χ4n) is 3.75. The zero-order valence-corrected chi connectivity index (χ0v) is 19.3. The molecule has 0 saturated carbocycles. The minimum atomic E-state index is -3.79. The fourth-order valence-corrected chi connectivity index (χ4v) is 4.95. The molecular weight excluding hydrogens is 440 g/mol. The largest absolute Gasteiger partial charge is 0.329 e. The molecule has 1 heterocycles. The number of aryl methyl sites for hydroxylation is 3. The number of carbonyl (C=O) groups excluding carboxylic acids is 1. The molecule has 0 bridgehead atoms. The summed E-state index contributed by atoms with van der Waals surface area (Å²) in [6.07, 6.45) is 0. The maximum atomic E-state index is 12.8. The normalized spacial score (nSPS) is 11.5. The van der Waals surface area contributed by atoms with Gasteiger partial charge in [-0.1, -0.05) is 30.3 Å². The predicted molar refractivity (Wildman–Crippen MR) is 129 cm³/mol. The van der Waals surface area contributed by atoms with E-state index in [0.717, 1.165) is 16.6 Å². The van der Waals surface area contributed by atoms with Gasteiger partial charge in [0, 0.05) is 12.7 Å². The molecule has 0 saturated heterocycles. The molecule has 33 heavy (non-hydrogen) atoms. The summed E-state index contributed by atoms with van der Waals surface area (Å²) in [5.74, 6) is -0.391. The maximum Gasteiger partial charge on any atom is 0.329 e. The molecule has 0 atom stereocenters. The lowest BCUT2D eigenvalue weighted by atomic mass is 10.1. The molecule has 0 aliphatic rings. The van der Waals surface area contributed by atoms with Crippen molar-refractivity contribution in [1.82, 2.24) is 9.13 Å². The lowest BCUT2D eigenvalue weighted by molar-refractivity contribution is -0.116. The number of hydrogen-bond donors (Lipinski definition) is 2. The lowest BCUT2D eigenvalue weighted by Crippen LogP contribution is -2.28. The van der Waals surface area contributed by atoms with Crippen molar-refractivity contribution in [3.63, 3.8) is 0 Å². The van der Waals surface area contributed by atoms with Crippen molar-refractivity contribution >= 4 is 38.3 Å². The molecule has 1 aromatic heterocycles. The molecule has 170 valence electrons. The van der Waals surface area contributed by atoms with E-state index in [1.165, 1.54) is 33.4 Å². The number of imidazole rings is 1. The summed E-state index contributed by atoms with van der Waals surface area (Å²) in [6.45, 7) is 3.52. The number of para-hydroxylation sites is 3. The van der Waals surface area contributed by atoms with Gasteiger partial charge in [-0.15, -0.1) is 0 Å². The van der Waals surface area contributed by atoms with E-state index in [0.29, 0.717) is 16.9 Å². The summed E-state index contributed by atoms with van der Waals surface area (Å²) in [5.41, 5.74) is 3.75. The molecule has 9 heteroatoms. The second-order valence-corrected chi connectivity index (χ2v) is 9.54. The standard InChI is InChI=1S/C24H24N4O4S/c1-16-7-6-8-17(2)23(16)26-33(31,32)19-13-11-18(12-14-19)25-22(29)15-28-21-10-5-4-9-20(21)27(3)24(28)30/h4-14,26H,15H2,1-3H3,(H,25,29). The minimum absolute atomic E-state index is 0.0772. The Morgan fingerprint density at radius 2 is 1.48 bits per heavy atom. The van der Waals surface area contributed by atoms with E-state index in [1.807, 2.05) is 50.2 Å². The second kappa shape index (κ2) is 8.59. The number of nitrogens with one attached hydrogen (secondary N) is 2. The molecule has 2 N–H and O–H groups in total. The van der Waals surface area contributed by atoms with Crippen LogP contribution in [0.25, 0.3) is 11.0 Å². The molecule has 8 nitrogen and oxygen atoms in total. The zero-order chi connectivity index (χ0) is 23.8. The third-order valence-electron chi connectivity index (χ3n) is 5.52. The van der Waals surface area contributed by atoms with E-state index in [4.69, 9.17) is 0 Å². The molecule has 0 aliphatic heterocycles. The Bertz CT molecular complexity index is 1500. The molecule has 0 aliphatic carbocycles. The Morgan fingerprint density at radius 3 is 2.12 bits per heavy atom. The number of nitrogens with zero attached hydrogens (tertiary/aromatic N) is 2. The van der Waals surface area contributed by atoms with Crippen molar-refractivity contribution in [3.05, 3.63) is 88.3 Å². The number of benzene rings is 3. The first-order valence-electron chi connectivity index (χ1n) is 10.3. The summed E-state index contributed by atoms with van der Waals surface area (Å²) >= 11 is 0. The van der Waals surface area contributed by atoms with Gasteiger partial charge in [-0.2, -0.15) is 0 Å². The summed E-state index contributed by atoms with van der Waals surface area (Å²) in [4.78, 5) is 25.2. The molecule has 0 spiro atoms. The quantitative estimate of drug-likeness (QED) is 0.457. The fraction of sp³-hybridized carbons (Fsp3) is 0.167. The SMILES string of the molecule is Cc1cccc(C)c1NS(=O)(=O)c1ccc(NC(=O)Cn2c(=O)n(C)c3ccccc32)cc1. The first kappa shape index (κ1) is 22.3. The van der Waals surface area contributed by atoms with Crippen molar-refractivity contribution in [1.29, 1.82) is 0 Å². The van der Waals surface area contributed by atoms with Crippen LogP contribution in [-0.2, 0) is 28.4 Å². The number of aromatic nitrogens is 2.